The number of carbonyl (C=O) groups excluding carboxylic acids is 2. The van der Waals surface area contributed by atoms with Gasteiger partial charge in [0.05, 0.1) is 14.2 Å². The molecular weight excluding hydrogens is 180 g/mol. The Bertz CT molecular complexity index is 178. The average molecular weight is 192 g/mol. The van der Waals surface area contributed by atoms with E-state index in [1.165, 1.54) is 21.3 Å². The maximum Gasteiger partial charge on any atom is 0.363 e. The molecule has 0 N–H and O–H groups in total. The molecule has 0 heterocycles. The van der Waals surface area contributed by atoms with Crippen LogP contribution in [0.15, 0.2) is 0 Å². The van der Waals surface area contributed by atoms with Crippen molar-refractivity contribution in [1.29, 1.82) is 0 Å². The molecule has 76 valence electrons. The largest absolute Gasteiger partial charge is 0.467 e. The van der Waals surface area contributed by atoms with Crippen LogP contribution in [0.25, 0.3) is 0 Å². The van der Waals surface area contributed by atoms with Crippen LogP contribution in [0.2, 0.25) is 0 Å². The Morgan fingerprint density at radius 3 is 2.15 bits per heavy atom. The minimum Gasteiger partial charge on any atom is -0.467 e. The van der Waals surface area contributed by atoms with E-state index in [1.807, 2.05) is 0 Å². The predicted molar refractivity (Wildman–Crippen MR) is 40.8 cm³/mol. The van der Waals surface area contributed by atoms with Crippen LogP contribution in [0.5, 0.6) is 0 Å². The van der Waals surface area contributed by atoms with Crippen molar-refractivity contribution in [2.45, 2.75) is 6.29 Å². The van der Waals surface area contributed by atoms with E-state index in [0.717, 1.165) is 0 Å². The lowest BCUT2D eigenvalue weighted by Crippen LogP contribution is -2.29. The van der Waals surface area contributed by atoms with Crippen molar-refractivity contribution in [1.82, 2.24) is 0 Å². The highest BCUT2D eigenvalue weighted by Crippen LogP contribution is 1.95. The molecule has 0 aliphatic carbocycles. The summed E-state index contributed by atoms with van der Waals surface area (Å²) >= 11 is 0. The zero-order valence-electron chi connectivity index (χ0n) is 7.73. The Kier molecular flexibility index (Phi) is 5.82. The summed E-state index contributed by atoms with van der Waals surface area (Å²) in [6, 6.07) is 0. The molecule has 0 aromatic rings. The van der Waals surface area contributed by atoms with Gasteiger partial charge in [0.2, 0.25) is 0 Å². The minimum atomic E-state index is -1.19. The van der Waals surface area contributed by atoms with Gasteiger partial charge in [-0.25, -0.2) is 9.59 Å². The number of rotatable bonds is 5. The third-order valence-corrected chi connectivity index (χ3v) is 1.19. The minimum absolute atomic E-state index is 0.357. The number of carbonyl (C=O) groups is 2. The average Bonchev–Trinajstić information content (AvgIpc) is 2.17. The summed E-state index contributed by atoms with van der Waals surface area (Å²) in [5.74, 6) is -1.29. The fraction of sp³-hybridized carbons (Fsp3) is 0.714. The van der Waals surface area contributed by atoms with Crippen molar-refractivity contribution in [3.8, 4) is 0 Å². The van der Waals surface area contributed by atoms with E-state index in [9.17, 15) is 9.59 Å². The number of hydrogen-bond acceptors (Lipinski definition) is 6. The number of methoxy groups -OCH3 is 3. The van der Waals surface area contributed by atoms with Gasteiger partial charge in [-0.1, -0.05) is 0 Å². The lowest BCUT2D eigenvalue weighted by Gasteiger charge is -2.12. The first kappa shape index (κ1) is 11.9. The van der Waals surface area contributed by atoms with E-state index in [2.05, 4.69) is 14.2 Å². The van der Waals surface area contributed by atoms with Gasteiger partial charge in [0.1, 0.15) is 6.61 Å². The number of esters is 2. The molecule has 6 nitrogen and oxygen atoms in total. The second kappa shape index (κ2) is 6.38. The summed E-state index contributed by atoms with van der Waals surface area (Å²) in [5, 5.41) is 0. The number of ether oxygens (including phenoxy) is 4. The SMILES string of the molecule is COC(=O)COC(OC)C(=O)OC. The fourth-order valence-electron chi connectivity index (χ4n) is 0.531. The summed E-state index contributed by atoms with van der Waals surface area (Å²) in [6.45, 7) is -0.357. The van der Waals surface area contributed by atoms with Crippen LogP contribution in [0.3, 0.4) is 0 Å². The smallest absolute Gasteiger partial charge is 0.363 e. The first-order valence-electron chi connectivity index (χ1n) is 3.44. The van der Waals surface area contributed by atoms with E-state index in [0.29, 0.717) is 0 Å². The first-order valence-corrected chi connectivity index (χ1v) is 3.44. The van der Waals surface area contributed by atoms with Crippen molar-refractivity contribution in [3.63, 3.8) is 0 Å². The quantitative estimate of drug-likeness (QED) is 0.424. The standard InChI is InChI=1S/C7H12O6/c1-10-5(8)4-13-7(12-3)6(9)11-2/h7H,4H2,1-3H3. The maximum absolute atomic E-state index is 10.8. The molecule has 0 spiro atoms. The predicted octanol–water partition coefficient (Wildman–Crippen LogP) is -0.679. The molecule has 0 radical (unpaired) electrons. The molecule has 0 rings (SSSR count). The highest BCUT2D eigenvalue weighted by molar-refractivity contribution is 5.74. The first-order chi connectivity index (χ1) is 6.15. The highest BCUT2D eigenvalue weighted by Gasteiger charge is 2.20. The van der Waals surface area contributed by atoms with E-state index >= 15 is 0 Å². The molecule has 1 atom stereocenters. The normalized spacial score (nSPS) is 11.9. The van der Waals surface area contributed by atoms with Crippen molar-refractivity contribution < 1.29 is 28.5 Å². The summed E-state index contributed by atoms with van der Waals surface area (Å²) in [6.07, 6.45) is -1.19. The number of hydrogen-bond donors (Lipinski definition) is 0. The molecule has 0 saturated heterocycles. The van der Waals surface area contributed by atoms with Gasteiger partial charge in [-0.15, -0.1) is 0 Å². The van der Waals surface area contributed by atoms with Crippen molar-refractivity contribution >= 4 is 11.9 Å². The van der Waals surface area contributed by atoms with Crippen LogP contribution >= 0.6 is 0 Å². The van der Waals surface area contributed by atoms with Gasteiger partial charge in [-0.05, 0) is 0 Å². The fourth-order valence-corrected chi connectivity index (χ4v) is 0.531. The zero-order chi connectivity index (χ0) is 10.3. The molecule has 0 aromatic heterocycles. The molecule has 13 heavy (non-hydrogen) atoms. The Hall–Kier alpha value is -1.14. The van der Waals surface area contributed by atoms with Gasteiger partial charge >= 0.3 is 11.9 Å². The Balaban J connectivity index is 3.85. The molecule has 1 unspecified atom stereocenters. The molecular formula is C7H12O6. The summed E-state index contributed by atoms with van der Waals surface area (Å²) in [4.78, 5) is 21.4. The van der Waals surface area contributed by atoms with Crippen molar-refractivity contribution in [3.05, 3.63) is 0 Å². The van der Waals surface area contributed by atoms with E-state index in [-0.39, 0.29) is 6.61 Å². The summed E-state index contributed by atoms with van der Waals surface area (Å²) in [5.41, 5.74) is 0. The molecule has 0 fully saturated rings. The van der Waals surface area contributed by atoms with Gasteiger partial charge in [0.15, 0.2) is 0 Å². The zero-order valence-corrected chi connectivity index (χ0v) is 7.73. The van der Waals surface area contributed by atoms with Gasteiger partial charge in [-0.3, -0.25) is 0 Å². The molecule has 0 saturated carbocycles. The highest BCUT2D eigenvalue weighted by atomic mass is 16.7. The topological polar surface area (TPSA) is 71.1 Å². The Morgan fingerprint density at radius 1 is 1.15 bits per heavy atom. The molecule has 0 aliphatic heterocycles. The Morgan fingerprint density at radius 2 is 1.77 bits per heavy atom. The molecule has 0 amide bonds. The van der Waals surface area contributed by atoms with Crippen LogP contribution in [-0.4, -0.2) is 46.2 Å². The van der Waals surface area contributed by atoms with Crippen molar-refractivity contribution in [2.24, 2.45) is 0 Å². The maximum atomic E-state index is 10.8. The van der Waals surface area contributed by atoms with Crippen molar-refractivity contribution in [2.75, 3.05) is 27.9 Å². The van der Waals surface area contributed by atoms with Gasteiger partial charge in [0, 0.05) is 7.11 Å². The summed E-state index contributed by atoms with van der Waals surface area (Å²) < 4.78 is 17.9. The third kappa shape index (κ3) is 4.44. The molecule has 0 aromatic carbocycles. The van der Waals surface area contributed by atoms with Gasteiger partial charge in [0.25, 0.3) is 6.29 Å². The third-order valence-electron chi connectivity index (χ3n) is 1.19. The summed E-state index contributed by atoms with van der Waals surface area (Å²) in [7, 11) is 3.67. The van der Waals surface area contributed by atoms with E-state index in [4.69, 9.17) is 4.74 Å². The molecule has 0 aliphatic rings. The van der Waals surface area contributed by atoms with Crippen LogP contribution in [-0.2, 0) is 28.5 Å². The van der Waals surface area contributed by atoms with Crippen LogP contribution in [0.1, 0.15) is 0 Å². The van der Waals surface area contributed by atoms with Crippen LogP contribution < -0.4 is 0 Å². The lowest BCUT2D eigenvalue weighted by atomic mass is 10.6. The van der Waals surface area contributed by atoms with Crippen LogP contribution in [0.4, 0.5) is 0 Å². The Labute approximate surface area is 75.7 Å². The van der Waals surface area contributed by atoms with E-state index < -0.39 is 18.2 Å². The van der Waals surface area contributed by atoms with Gasteiger partial charge in [-0.2, -0.15) is 0 Å². The molecule has 0 bridgehead atoms. The van der Waals surface area contributed by atoms with E-state index in [1.54, 1.807) is 0 Å². The van der Waals surface area contributed by atoms with Crippen LogP contribution in [0, 0.1) is 0 Å². The second-order valence-corrected chi connectivity index (χ2v) is 1.98. The second-order valence-electron chi connectivity index (χ2n) is 1.98. The lowest BCUT2D eigenvalue weighted by molar-refractivity contribution is -0.190. The molecule has 6 heteroatoms. The monoisotopic (exact) mass is 192 g/mol. The van der Waals surface area contributed by atoms with Gasteiger partial charge < -0.3 is 18.9 Å².